The molecular formula is C18H20N4O4S. The predicted molar refractivity (Wildman–Crippen MR) is 100 cm³/mol. The topological polar surface area (TPSA) is 108 Å². The Balaban J connectivity index is 1.38. The third-order valence-corrected chi connectivity index (χ3v) is 6.08. The molecule has 142 valence electrons. The molecule has 8 nitrogen and oxygen atoms in total. The summed E-state index contributed by atoms with van der Waals surface area (Å²) >= 11 is 1.61. The Morgan fingerprint density at radius 1 is 1.30 bits per heavy atom. The quantitative estimate of drug-likeness (QED) is 0.651. The van der Waals surface area contributed by atoms with Gasteiger partial charge in [0, 0.05) is 23.0 Å². The van der Waals surface area contributed by atoms with E-state index in [1.54, 1.807) is 36.0 Å². The van der Waals surface area contributed by atoms with E-state index in [1.165, 1.54) is 0 Å². The molecule has 3 fully saturated rings. The van der Waals surface area contributed by atoms with Crippen LogP contribution in [0.4, 0.5) is 10.5 Å². The van der Waals surface area contributed by atoms with E-state index in [0.29, 0.717) is 23.4 Å². The summed E-state index contributed by atoms with van der Waals surface area (Å²) in [5, 5.41) is 8.27. The van der Waals surface area contributed by atoms with Crippen LogP contribution in [0.25, 0.3) is 0 Å². The van der Waals surface area contributed by atoms with Crippen molar-refractivity contribution in [3.63, 3.8) is 0 Å². The fourth-order valence-corrected chi connectivity index (χ4v) is 4.56. The Kier molecular flexibility index (Phi) is 4.55. The zero-order valence-corrected chi connectivity index (χ0v) is 15.4. The molecule has 0 bridgehead atoms. The summed E-state index contributed by atoms with van der Waals surface area (Å²) in [6, 6.07) is 6.30. The van der Waals surface area contributed by atoms with Gasteiger partial charge in [-0.05, 0) is 43.2 Å². The smallest absolute Gasteiger partial charge is 0.325 e. The lowest BCUT2D eigenvalue weighted by Gasteiger charge is -2.19. The number of amides is 5. The molecule has 9 heteroatoms. The molecule has 3 aliphatic rings. The first-order chi connectivity index (χ1) is 13.0. The van der Waals surface area contributed by atoms with Crippen molar-refractivity contribution < 1.29 is 19.2 Å². The van der Waals surface area contributed by atoms with E-state index in [2.05, 4.69) is 16.0 Å². The minimum absolute atomic E-state index is 0.177. The number of carbonyl (C=O) groups excluding carboxylic acids is 4. The Morgan fingerprint density at radius 3 is 2.81 bits per heavy atom. The number of thioether (sulfide) groups is 1. The molecule has 1 unspecified atom stereocenters. The molecule has 0 aromatic heterocycles. The lowest BCUT2D eigenvalue weighted by atomic mass is 9.99. The molecule has 1 aliphatic carbocycles. The number of rotatable bonds is 5. The number of carbonyl (C=O) groups is 4. The molecular weight excluding hydrogens is 368 g/mol. The predicted octanol–water partition coefficient (Wildman–Crippen LogP) is 0.945. The van der Waals surface area contributed by atoms with Crippen LogP contribution in [0.1, 0.15) is 29.6 Å². The third-order valence-electron chi connectivity index (χ3n) is 4.89. The van der Waals surface area contributed by atoms with Gasteiger partial charge in [-0.25, -0.2) is 4.79 Å². The van der Waals surface area contributed by atoms with Crippen molar-refractivity contribution in [1.82, 2.24) is 15.5 Å². The molecule has 1 aromatic rings. The minimum atomic E-state index is -0.858. The minimum Gasteiger partial charge on any atom is -0.349 e. The average Bonchev–Trinajstić information content (AvgIpc) is 3.28. The number of imide groups is 1. The van der Waals surface area contributed by atoms with Gasteiger partial charge < -0.3 is 16.0 Å². The van der Waals surface area contributed by atoms with Gasteiger partial charge in [-0.2, -0.15) is 11.8 Å². The summed E-state index contributed by atoms with van der Waals surface area (Å²) in [6.07, 6.45) is 2.57. The molecule has 0 radical (unpaired) electrons. The molecule has 1 saturated carbocycles. The molecule has 1 spiro atoms. The largest absolute Gasteiger partial charge is 0.349 e. The number of hydrogen-bond acceptors (Lipinski definition) is 5. The summed E-state index contributed by atoms with van der Waals surface area (Å²) in [5.74, 6) is 0.338. The summed E-state index contributed by atoms with van der Waals surface area (Å²) in [4.78, 5) is 50.1. The zero-order valence-electron chi connectivity index (χ0n) is 14.6. The van der Waals surface area contributed by atoms with Crippen LogP contribution in [0.15, 0.2) is 24.3 Å². The van der Waals surface area contributed by atoms with Gasteiger partial charge in [0.25, 0.3) is 11.8 Å². The molecule has 2 saturated heterocycles. The number of anilines is 1. The van der Waals surface area contributed by atoms with Gasteiger partial charge in [0.05, 0.1) is 0 Å². The van der Waals surface area contributed by atoms with E-state index in [4.69, 9.17) is 0 Å². The second kappa shape index (κ2) is 6.88. The number of hydrogen-bond donors (Lipinski definition) is 3. The SMILES string of the molecule is O=C(CN1C(=O)NC2(CCSC2)C1=O)Nc1cccc(C(=O)NC2CC2)c1. The van der Waals surface area contributed by atoms with Crippen molar-refractivity contribution in [2.45, 2.75) is 30.8 Å². The van der Waals surface area contributed by atoms with Gasteiger partial charge in [-0.3, -0.25) is 19.3 Å². The van der Waals surface area contributed by atoms with Gasteiger partial charge in [0.15, 0.2) is 0 Å². The second-order valence-corrected chi connectivity index (χ2v) is 8.19. The van der Waals surface area contributed by atoms with Gasteiger partial charge in [-0.1, -0.05) is 6.07 Å². The lowest BCUT2D eigenvalue weighted by Crippen LogP contribution is -2.47. The number of nitrogens with zero attached hydrogens (tertiary/aromatic N) is 1. The summed E-state index contributed by atoms with van der Waals surface area (Å²) in [5.41, 5.74) is 0.0429. The van der Waals surface area contributed by atoms with Crippen molar-refractivity contribution in [3.05, 3.63) is 29.8 Å². The lowest BCUT2D eigenvalue weighted by molar-refractivity contribution is -0.133. The van der Waals surface area contributed by atoms with Crippen LogP contribution in [0.3, 0.4) is 0 Å². The molecule has 5 amide bonds. The van der Waals surface area contributed by atoms with E-state index in [-0.39, 0.29) is 24.4 Å². The van der Waals surface area contributed by atoms with Gasteiger partial charge in [0.2, 0.25) is 5.91 Å². The van der Waals surface area contributed by atoms with E-state index >= 15 is 0 Å². The molecule has 3 N–H and O–H groups in total. The van der Waals surface area contributed by atoms with Crippen LogP contribution in [0, 0.1) is 0 Å². The number of nitrogens with one attached hydrogen (secondary N) is 3. The van der Waals surface area contributed by atoms with Crippen molar-refractivity contribution >= 4 is 41.2 Å². The van der Waals surface area contributed by atoms with Gasteiger partial charge in [0.1, 0.15) is 12.1 Å². The van der Waals surface area contributed by atoms with E-state index in [0.717, 1.165) is 23.5 Å². The molecule has 27 heavy (non-hydrogen) atoms. The Morgan fingerprint density at radius 2 is 2.11 bits per heavy atom. The highest BCUT2D eigenvalue weighted by Crippen LogP contribution is 2.33. The number of urea groups is 1. The van der Waals surface area contributed by atoms with Gasteiger partial charge in [-0.15, -0.1) is 0 Å². The highest BCUT2D eigenvalue weighted by atomic mass is 32.2. The van der Waals surface area contributed by atoms with Crippen molar-refractivity contribution in [2.75, 3.05) is 23.4 Å². The Hall–Kier alpha value is -2.55. The maximum absolute atomic E-state index is 12.6. The molecule has 1 aromatic carbocycles. The van der Waals surface area contributed by atoms with Crippen molar-refractivity contribution in [1.29, 1.82) is 0 Å². The Labute approximate surface area is 160 Å². The number of benzene rings is 1. The monoisotopic (exact) mass is 388 g/mol. The van der Waals surface area contributed by atoms with Crippen LogP contribution in [-0.4, -0.2) is 58.3 Å². The third kappa shape index (κ3) is 3.64. The Bertz CT molecular complexity index is 817. The van der Waals surface area contributed by atoms with Crippen LogP contribution in [0.5, 0.6) is 0 Å². The first-order valence-corrected chi connectivity index (χ1v) is 10.0. The molecule has 4 rings (SSSR count). The van der Waals surface area contributed by atoms with Gasteiger partial charge >= 0.3 is 6.03 Å². The normalized spacial score (nSPS) is 24.2. The summed E-state index contributed by atoms with van der Waals surface area (Å²) < 4.78 is 0. The summed E-state index contributed by atoms with van der Waals surface area (Å²) in [7, 11) is 0. The second-order valence-electron chi connectivity index (χ2n) is 7.08. The fraction of sp³-hybridized carbons (Fsp3) is 0.444. The van der Waals surface area contributed by atoms with E-state index in [1.807, 2.05) is 0 Å². The summed E-state index contributed by atoms with van der Waals surface area (Å²) in [6.45, 7) is -0.352. The fourth-order valence-electron chi connectivity index (χ4n) is 3.23. The van der Waals surface area contributed by atoms with Crippen LogP contribution in [0.2, 0.25) is 0 Å². The van der Waals surface area contributed by atoms with Crippen LogP contribution in [-0.2, 0) is 9.59 Å². The molecule has 1 atom stereocenters. The van der Waals surface area contributed by atoms with E-state index in [9.17, 15) is 19.2 Å². The molecule has 2 aliphatic heterocycles. The van der Waals surface area contributed by atoms with Crippen LogP contribution < -0.4 is 16.0 Å². The first-order valence-electron chi connectivity index (χ1n) is 8.89. The molecule has 2 heterocycles. The van der Waals surface area contributed by atoms with Crippen molar-refractivity contribution in [2.24, 2.45) is 0 Å². The first kappa shape index (κ1) is 17.8. The maximum atomic E-state index is 12.6. The van der Waals surface area contributed by atoms with Crippen molar-refractivity contribution in [3.8, 4) is 0 Å². The maximum Gasteiger partial charge on any atom is 0.325 e. The standard InChI is InChI=1S/C18H20N4O4S/c23-14(9-22-16(25)18(21-17(22)26)6-7-27-10-18)19-13-3-1-2-11(8-13)15(24)20-12-4-5-12/h1-3,8,12H,4-7,9-10H2,(H,19,23)(H,20,24)(H,21,26). The zero-order chi connectivity index (χ0) is 19.0. The highest BCUT2D eigenvalue weighted by Gasteiger charge is 2.53. The van der Waals surface area contributed by atoms with E-state index < -0.39 is 17.5 Å². The highest BCUT2D eigenvalue weighted by molar-refractivity contribution is 7.99. The van der Waals surface area contributed by atoms with Crippen LogP contribution >= 0.6 is 11.8 Å². The average molecular weight is 388 g/mol.